The first-order valence-electron chi connectivity index (χ1n) is 7.90. The van der Waals surface area contributed by atoms with Crippen molar-refractivity contribution in [2.75, 3.05) is 6.54 Å². The molecule has 3 nitrogen and oxygen atoms in total. The molecule has 1 fully saturated rings. The van der Waals surface area contributed by atoms with Gasteiger partial charge < -0.3 is 5.32 Å². The maximum Gasteiger partial charge on any atom is 0.0733 e. The van der Waals surface area contributed by atoms with E-state index in [0.717, 1.165) is 24.5 Å². The second-order valence-corrected chi connectivity index (χ2v) is 6.53. The van der Waals surface area contributed by atoms with Crippen LogP contribution in [-0.2, 0) is 13.0 Å². The van der Waals surface area contributed by atoms with Crippen molar-refractivity contribution in [2.24, 2.45) is 0 Å². The quantitative estimate of drug-likeness (QED) is 0.910. The molecule has 2 heterocycles. The van der Waals surface area contributed by atoms with E-state index in [9.17, 15) is 0 Å². The van der Waals surface area contributed by atoms with Crippen molar-refractivity contribution in [3.63, 3.8) is 0 Å². The third-order valence-electron chi connectivity index (χ3n) is 4.72. The molecule has 2 aromatic rings. The lowest BCUT2D eigenvalue weighted by atomic mass is 10.0. The van der Waals surface area contributed by atoms with Crippen LogP contribution >= 0.6 is 11.6 Å². The van der Waals surface area contributed by atoms with Gasteiger partial charge in [0.25, 0.3) is 0 Å². The predicted octanol–water partition coefficient (Wildman–Crippen LogP) is 3.96. The van der Waals surface area contributed by atoms with E-state index < -0.39 is 0 Å². The monoisotopic (exact) mass is 301 g/mol. The molecule has 1 aromatic heterocycles. The highest BCUT2D eigenvalue weighted by Gasteiger charge is 2.27. The van der Waals surface area contributed by atoms with Gasteiger partial charge in [0.05, 0.1) is 17.4 Å². The molecule has 4 heteroatoms. The fourth-order valence-electron chi connectivity index (χ4n) is 3.65. The fourth-order valence-corrected chi connectivity index (χ4v) is 3.78. The van der Waals surface area contributed by atoms with Crippen molar-refractivity contribution >= 4 is 11.6 Å². The minimum Gasteiger partial charge on any atom is -0.312 e. The lowest BCUT2D eigenvalue weighted by Gasteiger charge is -2.16. The Kier molecular flexibility index (Phi) is 3.48. The van der Waals surface area contributed by atoms with Crippen molar-refractivity contribution in [1.82, 2.24) is 15.1 Å². The molecular formula is C17H20ClN3. The fraction of sp³-hybridized carbons (Fsp3) is 0.471. The van der Waals surface area contributed by atoms with Gasteiger partial charge in [-0.15, -0.1) is 0 Å². The zero-order chi connectivity index (χ0) is 14.2. The molecule has 21 heavy (non-hydrogen) atoms. The number of benzene rings is 1. The van der Waals surface area contributed by atoms with Crippen LogP contribution < -0.4 is 5.32 Å². The summed E-state index contributed by atoms with van der Waals surface area (Å²) >= 11 is 6.05. The van der Waals surface area contributed by atoms with Crippen LogP contribution in [0.4, 0.5) is 0 Å². The molecule has 2 aliphatic rings. The van der Waals surface area contributed by atoms with Crippen molar-refractivity contribution in [1.29, 1.82) is 0 Å². The van der Waals surface area contributed by atoms with Gasteiger partial charge in [-0.2, -0.15) is 5.10 Å². The second-order valence-electron chi connectivity index (χ2n) is 6.09. The van der Waals surface area contributed by atoms with Crippen molar-refractivity contribution < 1.29 is 0 Å². The summed E-state index contributed by atoms with van der Waals surface area (Å²) in [7, 11) is 0. The van der Waals surface area contributed by atoms with Gasteiger partial charge in [-0.1, -0.05) is 36.6 Å². The van der Waals surface area contributed by atoms with Crippen molar-refractivity contribution in [2.45, 2.75) is 44.7 Å². The van der Waals surface area contributed by atoms with Gasteiger partial charge in [-0.25, -0.2) is 0 Å². The number of fused-ring (bicyclic) bond motifs is 1. The lowest BCUT2D eigenvalue weighted by molar-refractivity contribution is 0.467. The Balaban J connectivity index is 1.85. The minimum absolute atomic E-state index is 0.571. The number of hydrogen-bond acceptors (Lipinski definition) is 2. The third kappa shape index (κ3) is 2.39. The van der Waals surface area contributed by atoms with Gasteiger partial charge in [-0.3, -0.25) is 4.68 Å². The standard InChI is InChI=1S/C17H20ClN3/c18-13-7-5-12(6-8-13)17-15-11-19-10-9-16(15)20-21(17)14-3-1-2-4-14/h5-8,14,19H,1-4,9-11H2. The third-order valence-corrected chi connectivity index (χ3v) is 4.97. The SMILES string of the molecule is Clc1ccc(-c2c3c(nn2C2CCCC2)CCNC3)cc1. The molecule has 4 rings (SSSR count). The number of rotatable bonds is 2. The highest BCUT2D eigenvalue weighted by Crippen LogP contribution is 2.37. The molecule has 1 N–H and O–H groups in total. The smallest absolute Gasteiger partial charge is 0.0733 e. The van der Waals surface area contributed by atoms with E-state index in [0.29, 0.717) is 6.04 Å². The Labute approximate surface area is 130 Å². The second kappa shape index (κ2) is 5.47. The van der Waals surface area contributed by atoms with E-state index in [-0.39, 0.29) is 0 Å². The molecule has 0 atom stereocenters. The average Bonchev–Trinajstić information content (AvgIpc) is 3.15. The van der Waals surface area contributed by atoms with Crippen LogP contribution in [-0.4, -0.2) is 16.3 Å². The molecule has 110 valence electrons. The van der Waals surface area contributed by atoms with Crippen LogP contribution in [0.5, 0.6) is 0 Å². The summed E-state index contributed by atoms with van der Waals surface area (Å²) < 4.78 is 2.31. The van der Waals surface area contributed by atoms with E-state index in [2.05, 4.69) is 22.1 Å². The highest BCUT2D eigenvalue weighted by molar-refractivity contribution is 6.30. The van der Waals surface area contributed by atoms with Crippen molar-refractivity contribution in [3.05, 3.63) is 40.5 Å². The molecule has 0 unspecified atom stereocenters. The van der Waals surface area contributed by atoms with E-state index in [1.807, 2.05) is 12.1 Å². The Hall–Kier alpha value is -1.32. The van der Waals surface area contributed by atoms with Gasteiger partial charge >= 0.3 is 0 Å². The molecule has 1 aromatic carbocycles. The van der Waals surface area contributed by atoms with E-state index >= 15 is 0 Å². The number of hydrogen-bond donors (Lipinski definition) is 1. The number of nitrogens with one attached hydrogen (secondary N) is 1. The summed E-state index contributed by atoms with van der Waals surface area (Å²) in [6, 6.07) is 8.78. The zero-order valence-electron chi connectivity index (χ0n) is 12.1. The topological polar surface area (TPSA) is 29.9 Å². The summed E-state index contributed by atoms with van der Waals surface area (Å²) in [6.45, 7) is 1.97. The van der Waals surface area contributed by atoms with Crippen LogP contribution in [0.25, 0.3) is 11.3 Å². The van der Waals surface area contributed by atoms with Crippen LogP contribution in [0.3, 0.4) is 0 Å². The van der Waals surface area contributed by atoms with Crippen molar-refractivity contribution in [3.8, 4) is 11.3 Å². The van der Waals surface area contributed by atoms with Crippen LogP contribution in [0.2, 0.25) is 5.02 Å². The Morgan fingerprint density at radius 3 is 2.67 bits per heavy atom. The number of nitrogens with zero attached hydrogens (tertiary/aromatic N) is 2. The minimum atomic E-state index is 0.571. The summed E-state index contributed by atoms with van der Waals surface area (Å²) in [5.74, 6) is 0. The molecule has 0 bridgehead atoms. The molecule has 1 aliphatic heterocycles. The summed E-state index contributed by atoms with van der Waals surface area (Å²) in [4.78, 5) is 0. The summed E-state index contributed by atoms with van der Waals surface area (Å²) in [5, 5.41) is 9.25. The first-order valence-corrected chi connectivity index (χ1v) is 8.27. The largest absolute Gasteiger partial charge is 0.312 e. The van der Waals surface area contributed by atoms with E-state index in [1.54, 1.807) is 0 Å². The maximum absolute atomic E-state index is 6.05. The van der Waals surface area contributed by atoms with E-state index in [4.69, 9.17) is 16.7 Å². The van der Waals surface area contributed by atoms with Gasteiger partial charge in [0, 0.05) is 35.7 Å². The molecule has 0 saturated heterocycles. The maximum atomic E-state index is 6.05. The van der Waals surface area contributed by atoms with Crippen LogP contribution in [0.1, 0.15) is 43.0 Å². The Bertz CT molecular complexity index is 639. The van der Waals surface area contributed by atoms with Crippen LogP contribution in [0, 0.1) is 0 Å². The van der Waals surface area contributed by atoms with Gasteiger partial charge in [-0.05, 0) is 25.0 Å². The summed E-state index contributed by atoms with van der Waals surface area (Å²) in [6.07, 6.45) is 6.21. The molecule has 1 saturated carbocycles. The molecular weight excluding hydrogens is 282 g/mol. The molecule has 0 amide bonds. The van der Waals surface area contributed by atoms with Gasteiger partial charge in [0.1, 0.15) is 0 Å². The highest BCUT2D eigenvalue weighted by atomic mass is 35.5. The van der Waals surface area contributed by atoms with Crippen LogP contribution in [0.15, 0.2) is 24.3 Å². The normalized spacial score (nSPS) is 18.9. The number of halogens is 1. The first-order chi connectivity index (χ1) is 10.3. The van der Waals surface area contributed by atoms with Gasteiger partial charge in [0.2, 0.25) is 0 Å². The first kappa shape index (κ1) is 13.4. The molecule has 0 radical (unpaired) electrons. The summed E-state index contributed by atoms with van der Waals surface area (Å²) in [5.41, 5.74) is 5.21. The average molecular weight is 302 g/mol. The molecule has 0 spiro atoms. The zero-order valence-corrected chi connectivity index (χ0v) is 12.9. The predicted molar refractivity (Wildman–Crippen MR) is 85.6 cm³/mol. The molecule has 1 aliphatic carbocycles. The van der Waals surface area contributed by atoms with E-state index in [1.165, 1.54) is 48.2 Å². The Morgan fingerprint density at radius 2 is 1.90 bits per heavy atom. The number of aromatic nitrogens is 2. The Morgan fingerprint density at radius 1 is 1.14 bits per heavy atom. The lowest BCUT2D eigenvalue weighted by Crippen LogP contribution is -2.23. The van der Waals surface area contributed by atoms with Gasteiger partial charge in [0.15, 0.2) is 0 Å².